The van der Waals surface area contributed by atoms with Gasteiger partial charge in [-0.2, -0.15) is 0 Å². The topological polar surface area (TPSA) is 121 Å². The first kappa shape index (κ1) is 26.9. The van der Waals surface area contributed by atoms with E-state index in [1.54, 1.807) is 54.0 Å². The van der Waals surface area contributed by atoms with Crippen molar-refractivity contribution in [3.8, 4) is 11.3 Å². The molecule has 4 aromatic carbocycles. The van der Waals surface area contributed by atoms with Gasteiger partial charge in [0.2, 0.25) is 0 Å². The molecule has 38 heavy (non-hydrogen) atoms. The molecule has 0 fully saturated rings. The van der Waals surface area contributed by atoms with Crippen LogP contribution in [0.1, 0.15) is 0 Å². The number of fused-ring (bicyclic) bond motifs is 3. The first-order valence-electron chi connectivity index (χ1n) is 11.1. The minimum Gasteiger partial charge on any atom is -0.744 e. The summed E-state index contributed by atoms with van der Waals surface area (Å²) in [5, 5.41) is 9.02. The minimum absolute atomic E-state index is 0. The Labute approximate surface area is 250 Å². The average molecular weight is 565 g/mol. The maximum atomic E-state index is 11.8. The van der Waals surface area contributed by atoms with Gasteiger partial charge in [0, 0.05) is 35.9 Å². The molecule has 7 nitrogen and oxygen atoms in total. The third-order valence-electron chi connectivity index (χ3n) is 5.85. The van der Waals surface area contributed by atoms with E-state index in [0.717, 1.165) is 22.2 Å². The molecule has 6 rings (SSSR count). The fourth-order valence-corrected chi connectivity index (χ4v) is 7.20. The molecule has 2 N–H and O–H groups in total. The molecule has 0 bridgehead atoms. The molecule has 1 aliphatic rings. The molecule has 0 saturated carbocycles. The standard InChI is InChI=1S/C27H18N4O3S3.Na/c28-26-18-7-2-1-6-17(18)25(37(32,33)34)14-21(26)31-30-16-12-13-20(29-15-16)19-8-5-11-24-27(19)36-23-10-4-3-9-22(23)35-24;/h1-15H,28H2,(H,32,33,34);/q;+1/p-1. The molecule has 0 spiro atoms. The van der Waals surface area contributed by atoms with Gasteiger partial charge in [-0.15, -0.1) is 10.2 Å². The molecule has 0 saturated heterocycles. The molecule has 0 unspecified atom stereocenters. The molecule has 0 radical (unpaired) electrons. The van der Waals surface area contributed by atoms with E-state index in [9.17, 15) is 13.0 Å². The van der Waals surface area contributed by atoms with Gasteiger partial charge in [0.05, 0.1) is 22.5 Å². The number of anilines is 1. The van der Waals surface area contributed by atoms with Crippen molar-refractivity contribution in [1.82, 2.24) is 4.98 Å². The summed E-state index contributed by atoms with van der Waals surface area (Å²) in [5.41, 5.74) is 8.84. The van der Waals surface area contributed by atoms with Crippen LogP contribution in [0.2, 0.25) is 0 Å². The van der Waals surface area contributed by atoms with E-state index in [-0.39, 0.29) is 51.2 Å². The second-order valence-electron chi connectivity index (χ2n) is 8.19. The van der Waals surface area contributed by atoms with E-state index >= 15 is 0 Å². The van der Waals surface area contributed by atoms with Crippen LogP contribution in [0.5, 0.6) is 0 Å². The predicted molar refractivity (Wildman–Crippen MR) is 145 cm³/mol. The summed E-state index contributed by atoms with van der Waals surface area (Å²) < 4.78 is 35.5. The fourth-order valence-electron chi connectivity index (χ4n) is 4.11. The number of nitrogens with two attached hydrogens (primary N) is 1. The third-order valence-corrected chi connectivity index (χ3v) is 9.34. The Bertz CT molecular complexity index is 1830. The number of azo groups is 1. The van der Waals surface area contributed by atoms with Gasteiger partial charge in [-0.3, -0.25) is 4.98 Å². The summed E-state index contributed by atoms with van der Waals surface area (Å²) in [7, 11) is -4.74. The first-order valence-corrected chi connectivity index (χ1v) is 14.2. The van der Waals surface area contributed by atoms with E-state index in [4.69, 9.17) is 5.73 Å². The van der Waals surface area contributed by atoms with Crippen LogP contribution < -0.4 is 35.3 Å². The third kappa shape index (κ3) is 5.13. The zero-order valence-corrected chi connectivity index (χ0v) is 24.5. The number of pyridine rings is 1. The van der Waals surface area contributed by atoms with Crippen molar-refractivity contribution in [2.24, 2.45) is 10.2 Å². The van der Waals surface area contributed by atoms with Gasteiger partial charge in [0.25, 0.3) is 0 Å². The van der Waals surface area contributed by atoms with E-state index in [1.165, 1.54) is 20.8 Å². The van der Waals surface area contributed by atoms with Crippen LogP contribution in [-0.2, 0) is 10.1 Å². The fraction of sp³-hybridized carbons (Fsp3) is 0. The number of benzene rings is 4. The van der Waals surface area contributed by atoms with Gasteiger partial charge in [0.1, 0.15) is 21.5 Å². The summed E-state index contributed by atoms with van der Waals surface area (Å²) in [4.78, 5) is 9.01. The molecule has 0 aliphatic carbocycles. The van der Waals surface area contributed by atoms with E-state index in [2.05, 4.69) is 33.4 Å². The number of rotatable bonds is 4. The Morgan fingerprint density at radius 1 is 0.789 bits per heavy atom. The van der Waals surface area contributed by atoms with Gasteiger partial charge in [0.15, 0.2) is 0 Å². The van der Waals surface area contributed by atoms with Crippen molar-refractivity contribution in [2.75, 3.05) is 5.73 Å². The number of aromatic nitrogens is 1. The van der Waals surface area contributed by atoms with Crippen molar-refractivity contribution in [3.05, 3.63) is 91.1 Å². The Morgan fingerprint density at radius 3 is 2.18 bits per heavy atom. The molecule has 0 atom stereocenters. The summed E-state index contributed by atoms with van der Waals surface area (Å²) in [6, 6.07) is 25.8. The smallest absolute Gasteiger partial charge is 0.744 e. The van der Waals surface area contributed by atoms with Crippen molar-refractivity contribution < 1.29 is 42.5 Å². The van der Waals surface area contributed by atoms with Crippen molar-refractivity contribution in [1.29, 1.82) is 0 Å². The first-order chi connectivity index (χ1) is 17.9. The normalized spacial score (nSPS) is 12.7. The molecule has 182 valence electrons. The van der Waals surface area contributed by atoms with Crippen LogP contribution in [0.3, 0.4) is 0 Å². The number of nitrogens with zero attached hydrogens (tertiary/aromatic N) is 3. The van der Waals surface area contributed by atoms with Crippen LogP contribution in [0, 0.1) is 0 Å². The van der Waals surface area contributed by atoms with Gasteiger partial charge in [-0.25, -0.2) is 8.42 Å². The van der Waals surface area contributed by atoms with Crippen LogP contribution in [0.4, 0.5) is 17.1 Å². The molecular weight excluding hydrogens is 548 g/mol. The van der Waals surface area contributed by atoms with E-state index in [1.807, 2.05) is 30.3 Å². The number of nitrogen functional groups attached to an aromatic ring is 1. The quantitative estimate of drug-likeness (QED) is 0.146. The molecule has 2 heterocycles. The molecule has 1 aromatic heterocycles. The van der Waals surface area contributed by atoms with Crippen molar-refractivity contribution in [3.63, 3.8) is 0 Å². The SMILES string of the molecule is Nc1c(N=Nc2ccc(-c3cccc4c3Sc3ccccc3S4)nc2)cc(S(=O)(=O)[O-])c2ccccc12.[Na+]. The van der Waals surface area contributed by atoms with Gasteiger partial charge >= 0.3 is 29.6 Å². The monoisotopic (exact) mass is 564 g/mol. The van der Waals surface area contributed by atoms with E-state index < -0.39 is 10.1 Å². The predicted octanol–water partition coefficient (Wildman–Crippen LogP) is 4.42. The zero-order valence-electron chi connectivity index (χ0n) is 20.0. The second kappa shape index (κ2) is 10.8. The number of hydrogen-bond donors (Lipinski definition) is 1. The average Bonchev–Trinajstić information content (AvgIpc) is 2.91. The second-order valence-corrected chi connectivity index (χ2v) is 11.7. The largest absolute Gasteiger partial charge is 1.00 e. The molecular formula is C27H17N4NaO3S3. The maximum absolute atomic E-state index is 11.8. The summed E-state index contributed by atoms with van der Waals surface area (Å²) in [6.45, 7) is 0. The van der Waals surface area contributed by atoms with Gasteiger partial charge in [-0.05, 0) is 36.4 Å². The van der Waals surface area contributed by atoms with Crippen LogP contribution in [-0.4, -0.2) is 18.0 Å². The molecule has 11 heteroatoms. The van der Waals surface area contributed by atoms with Crippen LogP contribution >= 0.6 is 23.5 Å². The number of hydrogen-bond acceptors (Lipinski definition) is 9. The van der Waals surface area contributed by atoms with Crippen LogP contribution in [0.25, 0.3) is 22.0 Å². The maximum Gasteiger partial charge on any atom is 1.00 e. The van der Waals surface area contributed by atoms with Crippen molar-refractivity contribution >= 4 is 61.5 Å². The summed E-state index contributed by atoms with van der Waals surface area (Å²) in [5.74, 6) is 0. The molecule has 5 aromatic rings. The van der Waals surface area contributed by atoms with Gasteiger partial charge in [-0.1, -0.05) is 72.1 Å². The summed E-state index contributed by atoms with van der Waals surface area (Å²) >= 11 is 3.48. The Balaban J connectivity index is 0.00000294. The zero-order chi connectivity index (χ0) is 25.6. The van der Waals surface area contributed by atoms with Crippen molar-refractivity contribution in [2.45, 2.75) is 24.5 Å². The minimum atomic E-state index is -4.74. The van der Waals surface area contributed by atoms with E-state index in [0.29, 0.717) is 11.1 Å². The Kier molecular flexibility index (Phi) is 7.65. The Hall–Kier alpha value is -2.70. The van der Waals surface area contributed by atoms with Crippen LogP contribution in [0.15, 0.2) is 126 Å². The molecule has 0 amide bonds. The Morgan fingerprint density at radius 2 is 1.47 bits per heavy atom. The van der Waals surface area contributed by atoms with Gasteiger partial charge < -0.3 is 10.3 Å². The summed E-state index contributed by atoms with van der Waals surface area (Å²) in [6.07, 6.45) is 1.59. The molecule has 1 aliphatic heterocycles.